The van der Waals surface area contributed by atoms with E-state index < -0.39 is 23.1 Å². The molecule has 0 bridgehead atoms. The number of carbonyl (C=O) groups excluding carboxylic acids is 4. The normalized spacial score (nSPS) is 25.5. The zero-order valence-electron chi connectivity index (χ0n) is 28.6. The first-order valence-corrected chi connectivity index (χ1v) is 16.5. The van der Waals surface area contributed by atoms with Gasteiger partial charge in [0.25, 0.3) is 0 Å². The van der Waals surface area contributed by atoms with Gasteiger partial charge in [-0.2, -0.15) is 0 Å². The van der Waals surface area contributed by atoms with Crippen molar-refractivity contribution in [1.29, 1.82) is 0 Å². The first kappa shape index (κ1) is 35.3. The van der Waals surface area contributed by atoms with Crippen LogP contribution in [-0.4, -0.2) is 119 Å². The fourth-order valence-corrected chi connectivity index (χ4v) is 6.84. The number of nitrogens with one attached hydrogen (secondary N) is 1. The Balaban J connectivity index is 1.73. The van der Waals surface area contributed by atoms with E-state index in [1.807, 2.05) is 55.6 Å². The van der Waals surface area contributed by atoms with E-state index in [0.29, 0.717) is 19.5 Å². The van der Waals surface area contributed by atoms with Gasteiger partial charge in [-0.3, -0.25) is 24.2 Å². The topological polar surface area (TPSA) is 103 Å². The van der Waals surface area contributed by atoms with Crippen LogP contribution in [0.2, 0.25) is 0 Å². The summed E-state index contributed by atoms with van der Waals surface area (Å²) < 4.78 is 5.64. The van der Waals surface area contributed by atoms with Gasteiger partial charge in [-0.25, -0.2) is 4.79 Å². The molecular weight excluding hydrogens is 546 g/mol. The molecule has 0 aromatic carbocycles. The van der Waals surface area contributed by atoms with Crippen LogP contribution in [0.3, 0.4) is 0 Å². The lowest BCUT2D eigenvalue weighted by Crippen LogP contribution is -2.61. The predicted molar refractivity (Wildman–Crippen MR) is 168 cm³/mol. The van der Waals surface area contributed by atoms with Gasteiger partial charge in [0.1, 0.15) is 17.7 Å². The number of esters is 1. The third-order valence-electron chi connectivity index (χ3n) is 9.37. The summed E-state index contributed by atoms with van der Waals surface area (Å²) in [7, 11) is 3.81. The lowest BCUT2D eigenvalue weighted by atomic mass is 9.84. The predicted octanol–water partition coefficient (Wildman–Crippen LogP) is 3.28. The molecule has 3 fully saturated rings. The van der Waals surface area contributed by atoms with Crippen molar-refractivity contribution in [3.63, 3.8) is 0 Å². The monoisotopic (exact) mass is 605 g/mol. The Morgan fingerprint density at radius 1 is 0.860 bits per heavy atom. The fraction of sp³-hybridized carbons (Fsp3) is 0.879. The van der Waals surface area contributed by atoms with E-state index in [4.69, 9.17) is 4.74 Å². The minimum absolute atomic E-state index is 0.0150. The molecule has 10 heteroatoms. The number of likely N-dealkylation sites (N-methyl/N-ethyl adjacent to an activating group) is 2. The molecule has 3 aliphatic heterocycles. The second-order valence-corrected chi connectivity index (χ2v) is 15.4. The van der Waals surface area contributed by atoms with Gasteiger partial charge in [-0.05, 0) is 90.8 Å². The summed E-state index contributed by atoms with van der Waals surface area (Å²) in [5.74, 6) is -0.404. The Morgan fingerprint density at radius 2 is 1.47 bits per heavy atom. The number of rotatable bonds is 9. The number of amides is 3. The van der Waals surface area contributed by atoms with Crippen LogP contribution in [0.4, 0.5) is 0 Å². The maximum atomic E-state index is 14.1. The van der Waals surface area contributed by atoms with Crippen LogP contribution in [0.25, 0.3) is 0 Å². The quantitative estimate of drug-likeness (QED) is 0.403. The zero-order valence-corrected chi connectivity index (χ0v) is 28.6. The molecule has 1 N–H and O–H groups in total. The molecule has 43 heavy (non-hydrogen) atoms. The molecule has 0 saturated carbocycles. The molecule has 3 heterocycles. The van der Waals surface area contributed by atoms with Crippen LogP contribution in [0.5, 0.6) is 0 Å². The number of ether oxygens (including phenoxy) is 1. The lowest BCUT2D eigenvalue weighted by molar-refractivity contribution is -0.164. The molecule has 3 rings (SSSR count). The minimum atomic E-state index is -0.670. The molecule has 0 aliphatic carbocycles. The van der Waals surface area contributed by atoms with E-state index in [1.54, 1.807) is 9.80 Å². The third-order valence-corrected chi connectivity index (χ3v) is 9.37. The largest absolute Gasteiger partial charge is 0.458 e. The molecule has 2 unspecified atom stereocenters. The Bertz CT molecular complexity index is 1000. The Morgan fingerprint density at radius 3 is 2.05 bits per heavy atom. The molecule has 3 aliphatic rings. The molecule has 10 nitrogen and oxygen atoms in total. The van der Waals surface area contributed by atoms with Crippen molar-refractivity contribution in [3.8, 4) is 0 Å². The average Bonchev–Trinajstić information content (AvgIpc) is 3.57. The summed E-state index contributed by atoms with van der Waals surface area (Å²) in [5, 5.41) is 3.13. The highest BCUT2D eigenvalue weighted by Gasteiger charge is 2.44. The Kier molecular flexibility index (Phi) is 11.7. The number of nitrogens with zero attached hydrogens (tertiary/aromatic N) is 4. The fourth-order valence-electron chi connectivity index (χ4n) is 6.84. The summed E-state index contributed by atoms with van der Waals surface area (Å²) in [4.78, 5) is 62.1. The zero-order chi connectivity index (χ0) is 32.3. The molecule has 5 atom stereocenters. The van der Waals surface area contributed by atoms with Gasteiger partial charge in [-0.1, -0.05) is 41.0 Å². The summed E-state index contributed by atoms with van der Waals surface area (Å²) in [6.45, 7) is 18.5. The molecule has 0 spiro atoms. The van der Waals surface area contributed by atoms with E-state index >= 15 is 0 Å². The molecule has 0 radical (unpaired) electrons. The standard InChI is InChI=1S/C33H59N5O5/c1-22(2)26(36(10)30(41)27(32(3,4)5)34-28(39)23-15-11-12-18-35(23)9)21-37-19-13-16-24(37)29(40)38-20-14-17-25(38)31(42)43-33(6,7)8/h22-27H,11-21H2,1-10H3,(H,34,39)/t23?,24-,25?,26+,27+/m0/s1. The van der Waals surface area contributed by atoms with Crippen molar-refractivity contribution >= 4 is 23.7 Å². The second kappa shape index (κ2) is 14.3. The Labute approximate surface area is 260 Å². The van der Waals surface area contributed by atoms with E-state index in [-0.39, 0.29) is 47.7 Å². The SMILES string of the molecule is CC(C)[C@@H](CN1CCC[C@H]1C(=O)N1CCCC1C(=O)OC(C)(C)C)N(C)C(=O)[C@@H](NC(=O)C1CCCCN1C)C(C)(C)C. The van der Waals surface area contributed by atoms with Crippen molar-refractivity contribution in [1.82, 2.24) is 24.9 Å². The lowest BCUT2D eigenvalue weighted by Gasteiger charge is -2.41. The third kappa shape index (κ3) is 8.93. The molecule has 0 aromatic rings. The van der Waals surface area contributed by atoms with Crippen molar-refractivity contribution in [2.45, 2.75) is 136 Å². The summed E-state index contributed by atoms with van der Waals surface area (Å²) >= 11 is 0. The van der Waals surface area contributed by atoms with Crippen LogP contribution in [0, 0.1) is 11.3 Å². The van der Waals surface area contributed by atoms with E-state index in [0.717, 1.165) is 51.6 Å². The van der Waals surface area contributed by atoms with E-state index in [1.165, 1.54) is 0 Å². The maximum Gasteiger partial charge on any atom is 0.329 e. The molecule has 3 amide bonds. The van der Waals surface area contributed by atoms with Crippen LogP contribution in [-0.2, 0) is 23.9 Å². The number of piperidine rings is 1. The van der Waals surface area contributed by atoms with Crippen LogP contribution < -0.4 is 5.32 Å². The number of hydrogen-bond acceptors (Lipinski definition) is 7. The van der Waals surface area contributed by atoms with Gasteiger partial charge in [0.15, 0.2) is 0 Å². The van der Waals surface area contributed by atoms with Gasteiger partial charge in [-0.15, -0.1) is 0 Å². The summed E-state index contributed by atoms with van der Waals surface area (Å²) in [6, 6.07) is -1.91. The summed E-state index contributed by atoms with van der Waals surface area (Å²) in [5.41, 5.74) is -1.08. The van der Waals surface area contributed by atoms with Crippen molar-refractivity contribution in [2.24, 2.45) is 11.3 Å². The highest BCUT2D eigenvalue weighted by molar-refractivity contribution is 5.91. The van der Waals surface area contributed by atoms with E-state index in [2.05, 4.69) is 29.0 Å². The molecular formula is C33H59N5O5. The number of likely N-dealkylation sites (tertiary alicyclic amines) is 3. The average molecular weight is 606 g/mol. The summed E-state index contributed by atoms with van der Waals surface area (Å²) in [6.07, 6.45) is 5.92. The van der Waals surface area contributed by atoms with Crippen molar-refractivity contribution < 1.29 is 23.9 Å². The molecule has 3 saturated heterocycles. The molecule has 246 valence electrons. The van der Waals surface area contributed by atoms with Gasteiger partial charge < -0.3 is 19.9 Å². The van der Waals surface area contributed by atoms with Gasteiger partial charge in [0.05, 0.1) is 12.1 Å². The maximum absolute atomic E-state index is 14.1. The van der Waals surface area contributed by atoms with Gasteiger partial charge in [0.2, 0.25) is 17.7 Å². The highest BCUT2D eigenvalue weighted by atomic mass is 16.6. The van der Waals surface area contributed by atoms with Crippen LogP contribution in [0.1, 0.15) is 100 Å². The minimum Gasteiger partial charge on any atom is -0.458 e. The number of hydrogen-bond donors (Lipinski definition) is 1. The number of carbonyl (C=O) groups is 4. The van der Waals surface area contributed by atoms with Crippen LogP contribution >= 0.6 is 0 Å². The Hall–Kier alpha value is -2.20. The van der Waals surface area contributed by atoms with Crippen molar-refractivity contribution in [2.75, 3.05) is 40.3 Å². The van der Waals surface area contributed by atoms with Gasteiger partial charge >= 0.3 is 5.97 Å². The van der Waals surface area contributed by atoms with Gasteiger partial charge in [0, 0.05) is 26.2 Å². The first-order chi connectivity index (χ1) is 19.9. The first-order valence-electron chi connectivity index (χ1n) is 16.5. The second-order valence-electron chi connectivity index (χ2n) is 15.4. The van der Waals surface area contributed by atoms with Crippen LogP contribution in [0.15, 0.2) is 0 Å². The van der Waals surface area contributed by atoms with E-state index in [9.17, 15) is 19.2 Å². The smallest absolute Gasteiger partial charge is 0.329 e. The van der Waals surface area contributed by atoms with Crippen molar-refractivity contribution in [3.05, 3.63) is 0 Å². The highest BCUT2D eigenvalue weighted by Crippen LogP contribution is 2.29. The molecule has 0 aromatic heterocycles.